The van der Waals surface area contributed by atoms with Crippen molar-refractivity contribution in [2.45, 2.75) is 114 Å². The number of aliphatic hydroxyl groups excluding tert-OH is 5. The highest BCUT2D eigenvalue weighted by atomic mass is 16.7. The first-order valence-corrected chi connectivity index (χ1v) is 13.2. The van der Waals surface area contributed by atoms with E-state index in [0.717, 1.165) is 32.1 Å². The molecule has 2 heterocycles. The summed E-state index contributed by atoms with van der Waals surface area (Å²) in [6.45, 7) is 3.50. The van der Waals surface area contributed by atoms with Gasteiger partial charge < -0.3 is 60.3 Å². The molecule has 2 aliphatic heterocycles. The summed E-state index contributed by atoms with van der Waals surface area (Å²) in [5.74, 6) is -0.438. The van der Waals surface area contributed by atoms with Gasteiger partial charge in [0.25, 0.3) is 0 Å². The minimum atomic E-state index is -1.67. The van der Waals surface area contributed by atoms with Crippen molar-refractivity contribution in [3.05, 3.63) is 0 Å². The first-order valence-electron chi connectivity index (χ1n) is 13.2. The molecule has 2 fully saturated rings. The van der Waals surface area contributed by atoms with E-state index in [1.165, 1.54) is 13.3 Å². The van der Waals surface area contributed by atoms with Gasteiger partial charge in [0.05, 0.1) is 19.8 Å². The van der Waals surface area contributed by atoms with E-state index < -0.39 is 73.9 Å². The van der Waals surface area contributed by atoms with Crippen LogP contribution >= 0.6 is 0 Å². The van der Waals surface area contributed by atoms with Crippen LogP contribution in [0.15, 0.2) is 0 Å². The SMILES string of the molecule is CCCCCCCCO[C@@H]1O[C@H](CO)[C@@H](O[C@@H]2O[C@H](COCCN)[C@H](O)[C@H](O)[C@H]2O)[C@H](O)[C@H]1NC(C)=O. The van der Waals surface area contributed by atoms with E-state index in [9.17, 15) is 30.3 Å². The summed E-state index contributed by atoms with van der Waals surface area (Å²) in [5.41, 5.74) is 5.40. The lowest BCUT2D eigenvalue weighted by atomic mass is 9.95. The number of carbonyl (C=O) groups is 1. The van der Waals surface area contributed by atoms with Gasteiger partial charge in [-0.2, -0.15) is 0 Å². The number of rotatable bonds is 16. The van der Waals surface area contributed by atoms with Crippen LogP contribution in [-0.2, 0) is 28.5 Å². The largest absolute Gasteiger partial charge is 0.394 e. The third-order valence-electron chi connectivity index (χ3n) is 6.51. The van der Waals surface area contributed by atoms with Gasteiger partial charge in [0.1, 0.15) is 48.8 Å². The van der Waals surface area contributed by atoms with Gasteiger partial charge in [0.15, 0.2) is 12.6 Å². The minimum absolute atomic E-state index is 0.127. The molecule has 2 rings (SSSR count). The lowest BCUT2D eigenvalue weighted by Gasteiger charge is -2.47. The van der Waals surface area contributed by atoms with Gasteiger partial charge in [-0.1, -0.05) is 39.0 Å². The summed E-state index contributed by atoms with van der Waals surface area (Å²) in [4.78, 5) is 11.9. The Labute approximate surface area is 218 Å². The first kappa shape index (κ1) is 32.2. The molecule has 218 valence electrons. The second-order valence-corrected chi connectivity index (χ2v) is 9.56. The summed E-state index contributed by atoms with van der Waals surface area (Å²) in [7, 11) is 0. The van der Waals surface area contributed by atoms with E-state index in [2.05, 4.69) is 12.2 Å². The Morgan fingerprint density at radius 2 is 1.57 bits per heavy atom. The molecular formula is C24H46N2O11. The van der Waals surface area contributed by atoms with Gasteiger partial charge >= 0.3 is 0 Å². The van der Waals surface area contributed by atoms with Crippen LogP contribution in [-0.4, -0.2) is 126 Å². The maximum atomic E-state index is 11.9. The third kappa shape index (κ3) is 9.62. The average molecular weight is 539 g/mol. The predicted molar refractivity (Wildman–Crippen MR) is 130 cm³/mol. The molecule has 8 N–H and O–H groups in total. The van der Waals surface area contributed by atoms with Crippen molar-refractivity contribution in [2.24, 2.45) is 5.73 Å². The van der Waals surface area contributed by atoms with Crippen molar-refractivity contribution >= 4 is 5.91 Å². The fourth-order valence-electron chi connectivity index (χ4n) is 4.45. The van der Waals surface area contributed by atoms with Crippen LogP contribution in [0.1, 0.15) is 52.4 Å². The smallest absolute Gasteiger partial charge is 0.217 e. The Hall–Kier alpha value is -0.970. The molecule has 0 bridgehead atoms. The molecule has 0 aromatic rings. The Morgan fingerprint density at radius 1 is 0.892 bits per heavy atom. The number of nitrogens with two attached hydrogens (primary N) is 1. The molecule has 0 aromatic carbocycles. The zero-order chi connectivity index (χ0) is 27.4. The van der Waals surface area contributed by atoms with Crippen LogP contribution in [0.5, 0.6) is 0 Å². The Balaban J connectivity index is 2.06. The van der Waals surface area contributed by atoms with Crippen LogP contribution in [0, 0.1) is 0 Å². The first-order chi connectivity index (χ1) is 17.7. The van der Waals surface area contributed by atoms with Gasteiger partial charge in [-0.05, 0) is 6.42 Å². The number of carbonyl (C=O) groups excluding carboxylic acids is 1. The summed E-state index contributed by atoms with van der Waals surface area (Å²) in [6, 6.07) is -1.04. The number of aliphatic hydroxyl groups is 5. The van der Waals surface area contributed by atoms with Crippen LogP contribution in [0.2, 0.25) is 0 Å². The van der Waals surface area contributed by atoms with E-state index >= 15 is 0 Å². The number of ether oxygens (including phenoxy) is 5. The van der Waals surface area contributed by atoms with Gasteiger partial charge in [-0.3, -0.25) is 4.79 Å². The highest BCUT2D eigenvalue weighted by Crippen LogP contribution is 2.30. The number of nitrogens with one attached hydrogen (secondary N) is 1. The number of unbranched alkanes of at least 4 members (excludes halogenated alkanes) is 5. The van der Waals surface area contributed by atoms with E-state index in [1.54, 1.807) is 0 Å². The molecule has 37 heavy (non-hydrogen) atoms. The molecule has 0 aliphatic carbocycles. The Bertz CT molecular complexity index is 646. The molecule has 2 aliphatic rings. The van der Waals surface area contributed by atoms with Crippen molar-refractivity contribution in [2.75, 3.05) is 33.0 Å². The fraction of sp³-hybridized carbons (Fsp3) is 0.958. The Morgan fingerprint density at radius 3 is 2.22 bits per heavy atom. The zero-order valence-electron chi connectivity index (χ0n) is 21.8. The van der Waals surface area contributed by atoms with E-state index in [-0.39, 0.29) is 19.8 Å². The van der Waals surface area contributed by atoms with Crippen molar-refractivity contribution < 1.29 is 54.0 Å². The van der Waals surface area contributed by atoms with Gasteiger partial charge in [-0.25, -0.2) is 0 Å². The molecular weight excluding hydrogens is 492 g/mol. The van der Waals surface area contributed by atoms with E-state index in [4.69, 9.17) is 29.4 Å². The molecule has 0 saturated carbocycles. The predicted octanol–water partition coefficient (Wildman–Crippen LogP) is -1.89. The van der Waals surface area contributed by atoms with Crippen molar-refractivity contribution in [3.8, 4) is 0 Å². The molecule has 0 spiro atoms. The summed E-state index contributed by atoms with van der Waals surface area (Å²) in [6.07, 6.45) is -5.84. The number of hydrogen-bond acceptors (Lipinski definition) is 12. The molecule has 0 unspecified atom stereocenters. The van der Waals surface area contributed by atoms with Crippen molar-refractivity contribution in [3.63, 3.8) is 0 Å². The number of amides is 1. The highest BCUT2D eigenvalue weighted by molar-refractivity contribution is 5.73. The lowest BCUT2D eigenvalue weighted by molar-refractivity contribution is -0.349. The van der Waals surface area contributed by atoms with Crippen molar-refractivity contribution in [1.29, 1.82) is 0 Å². The third-order valence-corrected chi connectivity index (χ3v) is 6.51. The molecule has 0 radical (unpaired) electrons. The number of hydrogen-bond donors (Lipinski definition) is 7. The molecule has 2 saturated heterocycles. The van der Waals surface area contributed by atoms with Gasteiger partial charge in [0.2, 0.25) is 5.91 Å². The molecule has 10 atom stereocenters. The monoisotopic (exact) mass is 538 g/mol. The van der Waals surface area contributed by atoms with Crippen LogP contribution in [0.4, 0.5) is 0 Å². The highest BCUT2D eigenvalue weighted by Gasteiger charge is 2.51. The topological polar surface area (TPSA) is 202 Å². The quantitative estimate of drug-likeness (QED) is 0.108. The van der Waals surface area contributed by atoms with E-state index in [0.29, 0.717) is 6.61 Å². The normalized spacial score (nSPS) is 36.4. The zero-order valence-corrected chi connectivity index (χ0v) is 21.8. The molecule has 1 amide bonds. The van der Waals surface area contributed by atoms with E-state index in [1.807, 2.05) is 0 Å². The lowest BCUT2D eigenvalue weighted by Crippen LogP contribution is -2.67. The minimum Gasteiger partial charge on any atom is -0.394 e. The maximum Gasteiger partial charge on any atom is 0.217 e. The van der Waals surface area contributed by atoms with Crippen LogP contribution in [0.25, 0.3) is 0 Å². The molecule has 0 aromatic heterocycles. The van der Waals surface area contributed by atoms with Crippen LogP contribution < -0.4 is 11.1 Å². The standard InChI is InChI=1S/C24H46N2O11/c1-3-4-5-6-7-8-10-34-23-17(26-14(2)28)19(30)22(15(12-27)35-23)37-24-21(32)20(31)18(29)16(36-24)13-33-11-9-25/h15-24,27,29-32H,3-13,25H2,1-2H3,(H,26,28)/t15-,16-,17-,18+,19-,20+,21-,22-,23-,24+/m1/s1. The van der Waals surface area contributed by atoms with Gasteiger partial charge in [0, 0.05) is 20.1 Å². The second-order valence-electron chi connectivity index (χ2n) is 9.56. The summed E-state index contributed by atoms with van der Waals surface area (Å²) >= 11 is 0. The molecule has 13 nitrogen and oxygen atoms in total. The molecule has 13 heteroatoms. The van der Waals surface area contributed by atoms with Crippen molar-refractivity contribution in [1.82, 2.24) is 5.32 Å². The second kappa shape index (κ2) is 16.9. The Kier molecular flexibility index (Phi) is 14.7. The fourth-order valence-corrected chi connectivity index (χ4v) is 4.45. The van der Waals surface area contributed by atoms with Gasteiger partial charge in [-0.15, -0.1) is 0 Å². The summed E-state index contributed by atoms with van der Waals surface area (Å²) in [5, 5.41) is 54.7. The maximum absolute atomic E-state index is 11.9. The van der Waals surface area contributed by atoms with Crippen LogP contribution in [0.3, 0.4) is 0 Å². The summed E-state index contributed by atoms with van der Waals surface area (Å²) < 4.78 is 28.4. The average Bonchev–Trinajstić information content (AvgIpc) is 2.87.